The average Bonchev–Trinajstić information content (AvgIpc) is 3.06. The molecule has 1 aliphatic rings. The van der Waals surface area contributed by atoms with Gasteiger partial charge in [-0.25, -0.2) is 0 Å². The van der Waals surface area contributed by atoms with Crippen LogP contribution in [0.3, 0.4) is 0 Å². The third-order valence-electron chi connectivity index (χ3n) is 3.74. The normalized spacial score (nSPS) is 13.8. The van der Waals surface area contributed by atoms with Crippen LogP contribution in [0.1, 0.15) is 26.3 Å². The topological polar surface area (TPSA) is 72.6 Å². The molecule has 3 rings (SSSR count). The minimum atomic E-state index is -0.573. The standard InChI is InChI=1S/C18H16N2O3S2/c19-16(21)13-6-7-14(17(22)20-8-9-25-18(20)24)15(10-13)23-11-12-4-2-1-3-5-12/h1-7,10H,8-9,11H2,(H2,19,21). The molecule has 128 valence electrons. The molecular weight excluding hydrogens is 356 g/mol. The average molecular weight is 372 g/mol. The molecule has 1 aliphatic heterocycles. The third kappa shape index (κ3) is 4.00. The summed E-state index contributed by atoms with van der Waals surface area (Å²) >= 11 is 6.70. The van der Waals surface area contributed by atoms with Crippen molar-refractivity contribution in [1.82, 2.24) is 4.90 Å². The van der Waals surface area contributed by atoms with Crippen molar-refractivity contribution >= 4 is 40.1 Å². The minimum Gasteiger partial charge on any atom is -0.488 e. The van der Waals surface area contributed by atoms with Gasteiger partial charge in [0.25, 0.3) is 5.91 Å². The Bertz CT molecular complexity index is 824. The third-order valence-corrected chi connectivity index (χ3v) is 5.17. The summed E-state index contributed by atoms with van der Waals surface area (Å²) < 4.78 is 6.38. The lowest BCUT2D eigenvalue weighted by Crippen LogP contribution is -2.31. The van der Waals surface area contributed by atoms with Crippen molar-refractivity contribution in [2.75, 3.05) is 12.3 Å². The van der Waals surface area contributed by atoms with Gasteiger partial charge in [-0.1, -0.05) is 54.3 Å². The highest BCUT2D eigenvalue weighted by Gasteiger charge is 2.27. The Morgan fingerprint density at radius 2 is 1.96 bits per heavy atom. The number of carbonyl (C=O) groups is 2. The Hall–Kier alpha value is -2.38. The Morgan fingerprint density at radius 1 is 1.20 bits per heavy atom. The van der Waals surface area contributed by atoms with Crippen LogP contribution >= 0.6 is 24.0 Å². The van der Waals surface area contributed by atoms with Gasteiger partial charge in [0, 0.05) is 17.9 Å². The lowest BCUT2D eigenvalue weighted by molar-refractivity contribution is 0.0855. The molecule has 0 atom stereocenters. The summed E-state index contributed by atoms with van der Waals surface area (Å²) in [5.74, 6) is 0.305. The molecule has 0 saturated carbocycles. The fourth-order valence-corrected chi connectivity index (χ4v) is 3.63. The van der Waals surface area contributed by atoms with Gasteiger partial charge in [-0.15, -0.1) is 0 Å². The van der Waals surface area contributed by atoms with Crippen LogP contribution < -0.4 is 10.5 Å². The maximum absolute atomic E-state index is 12.8. The molecule has 2 aromatic carbocycles. The number of thioether (sulfide) groups is 1. The van der Waals surface area contributed by atoms with Crippen molar-refractivity contribution in [3.8, 4) is 5.75 Å². The summed E-state index contributed by atoms with van der Waals surface area (Å²) in [4.78, 5) is 25.8. The first-order valence-corrected chi connectivity index (χ1v) is 9.05. The van der Waals surface area contributed by atoms with Crippen molar-refractivity contribution < 1.29 is 14.3 Å². The monoisotopic (exact) mass is 372 g/mol. The van der Waals surface area contributed by atoms with E-state index in [1.54, 1.807) is 11.0 Å². The fraction of sp³-hybridized carbons (Fsp3) is 0.167. The number of carbonyl (C=O) groups excluding carboxylic acids is 2. The number of amides is 2. The number of nitrogens with two attached hydrogens (primary N) is 1. The van der Waals surface area contributed by atoms with E-state index < -0.39 is 5.91 Å². The van der Waals surface area contributed by atoms with Gasteiger partial charge >= 0.3 is 0 Å². The van der Waals surface area contributed by atoms with E-state index in [0.717, 1.165) is 11.3 Å². The quantitative estimate of drug-likeness (QED) is 0.817. The predicted octanol–water partition coefficient (Wildman–Crippen LogP) is 2.84. The van der Waals surface area contributed by atoms with E-state index in [-0.39, 0.29) is 18.1 Å². The number of nitrogens with zero attached hydrogens (tertiary/aromatic N) is 1. The van der Waals surface area contributed by atoms with Gasteiger partial charge in [0.05, 0.1) is 5.56 Å². The molecule has 25 heavy (non-hydrogen) atoms. The summed E-state index contributed by atoms with van der Waals surface area (Å²) in [6, 6.07) is 14.2. The molecule has 1 fully saturated rings. The van der Waals surface area contributed by atoms with Crippen molar-refractivity contribution in [3.05, 3.63) is 65.2 Å². The number of primary amides is 1. The first-order chi connectivity index (χ1) is 12.1. The van der Waals surface area contributed by atoms with Crippen LogP contribution in [-0.2, 0) is 6.61 Å². The largest absolute Gasteiger partial charge is 0.488 e. The molecule has 1 heterocycles. The first kappa shape index (κ1) is 17.4. The van der Waals surface area contributed by atoms with Gasteiger partial charge in [0.1, 0.15) is 16.7 Å². The van der Waals surface area contributed by atoms with Gasteiger partial charge in [-0.2, -0.15) is 0 Å². The molecule has 0 bridgehead atoms. The lowest BCUT2D eigenvalue weighted by atomic mass is 10.1. The van der Waals surface area contributed by atoms with Gasteiger partial charge in [0.15, 0.2) is 0 Å². The van der Waals surface area contributed by atoms with E-state index in [1.165, 1.54) is 23.9 Å². The summed E-state index contributed by atoms with van der Waals surface area (Å²) in [7, 11) is 0. The lowest BCUT2D eigenvalue weighted by Gasteiger charge is -2.18. The molecule has 0 aliphatic carbocycles. The molecular formula is C18H16N2O3S2. The van der Waals surface area contributed by atoms with E-state index in [2.05, 4.69) is 0 Å². The molecule has 7 heteroatoms. The number of thiocarbonyl (C=S) groups is 1. The zero-order valence-corrected chi connectivity index (χ0v) is 14.9. The van der Waals surface area contributed by atoms with Crippen LogP contribution in [0.15, 0.2) is 48.5 Å². The maximum Gasteiger partial charge on any atom is 0.263 e. The van der Waals surface area contributed by atoms with Crippen LogP contribution in [0.4, 0.5) is 0 Å². The second-order valence-corrected chi connectivity index (χ2v) is 7.15. The zero-order valence-electron chi connectivity index (χ0n) is 13.3. The summed E-state index contributed by atoms with van der Waals surface area (Å²) in [6.07, 6.45) is 0. The molecule has 5 nitrogen and oxygen atoms in total. The Balaban J connectivity index is 1.89. The minimum absolute atomic E-state index is 0.228. The van der Waals surface area contributed by atoms with E-state index in [4.69, 9.17) is 22.7 Å². The highest BCUT2D eigenvalue weighted by Crippen LogP contribution is 2.27. The van der Waals surface area contributed by atoms with Crippen molar-refractivity contribution in [3.63, 3.8) is 0 Å². The SMILES string of the molecule is NC(=O)c1ccc(C(=O)N2CCSC2=S)c(OCc2ccccc2)c1. The van der Waals surface area contributed by atoms with E-state index >= 15 is 0 Å². The van der Waals surface area contributed by atoms with Crippen molar-refractivity contribution in [1.29, 1.82) is 0 Å². The van der Waals surface area contributed by atoms with Crippen LogP contribution in [0.25, 0.3) is 0 Å². The van der Waals surface area contributed by atoms with E-state index in [9.17, 15) is 9.59 Å². The molecule has 2 amide bonds. The second kappa shape index (κ2) is 7.67. The highest BCUT2D eigenvalue weighted by atomic mass is 32.2. The molecule has 0 unspecified atom stereocenters. The Labute approximate surface area is 155 Å². The van der Waals surface area contributed by atoms with Gasteiger partial charge in [-0.05, 0) is 23.8 Å². The fourth-order valence-electron chi connectivity index (χ4n) is 2.43. The molecule has 2 aromatic rings. The van der Waals surface area contributed by atoms with Gasteiger partial charge in [-0.3, -0.25) is 14.5 Å². The Kier molecular flexibility index (Phi) is 5.35. The first-order valence-electron chi connectivity index (χ1n) is 7.65. The number of benzene rings is 2. The second-order valence-electron chi connectivity index (χ2n) is 5.42. The molecule has 1 saturated heterocycles. The number of hydrogen-bond donors (Lipinski definition) is 1. The summed E-state index contributed by atoms with van der Waals surface area (Å²) in [6.45, 7) is 0.848. The van der Waals surface area contributed by atoms with Crippen molar-refractivity contribution in [2.45, 2.75) is 6.61 Å². The molecule has 0 spiro atoms. The summed E-state index contributed by atoms with van der Waals surface area (Å²) in [5.41, 5.74) is 6.96. The van der Waals surface area contributed by atoms with Crippen LogP contribution in [0.2, 0.25) is 0 Å². The zero-order chi connectivity index (χ0) is 17.8. The smallest absolute Gasteiger partial charge is 0.263 e. The molecule has 2 N–H and O–H groups in total. The highest BCUT2D eigenvalue weighted by molar-refractivity contribution is 8.23. The summed E-state index contributed by atoms with van der Waals surface area (Å²) in [5, 5.41) is 0. The maximum atomic E-state index is 12.8. The van der Waals surface area contributed by atoms with Crippen LogP contribution in [-0.4, -0.2) is 33.3 Å². The van der Waals surface area contributed by atoms with Gasteiger partial charge < -0.3 is 10.5 Å². The predicted molar refractivity (Wildman–Crippen MR) is 102 cm³/mol. The Morgan fingerprint density at radius 3 is 2.60 bits per heavy atom. The number of ether oxygens (including phenoxy) is 1. The van der Waals surface area contributed by atoms with E-state index in [1.807, 2.05) is 30.3 Å². The number of rotatable bonds is 5. The molecule has 0 radical (unpaired) electrons. The molecule has 0 aromatic heterocycles. The van der Waals surface area contributed by atoms with Crippen LogP contribution in [0.5, 0.6) is 5.75 Å². The van der Waals surface area contributed by atoms with Gasteiger partial charge in [0.2, 0.25) is 5.91 Å². The van der Waals surface area contributed by atoms with Crippen molar-refractivity contribution in [2.24, 2.45) is 5.73 Å². The number of hydrogen-bond acceptors (Lipinski definition) is 5. The van der Waals surface area contributed by atoms with E-state index in [0.29, 0.717) is 22.2 Å². The van der Waals surface area contributed by atoms with Crippen LogP contribution in [0, 0.1) is 0 Å².